The minimum atomic E-state index is -0.878. The number of rotatable bonds is 6. The first kappa shape index (κ1) is 14.2. The number of aromatic nitrogens is 1. The van der Waals surface area contributed by atoms with Crippen LogP contribution in [0.5, 0.6) is 0 Å². The lowest BCUT2D eigenvalue weighted by molar-refractivity contribution is 0.0955. The number of pyridine rings is 1. The number of nitrogens with zero attached hydrogens (tertiary/aromatic N) is 1. The van der Waals surface area contributed by atoms with Crippen LogP contribution in [-0.4, -0.2) is 39.4 Å². The summed E-state index contributed by atoms with van der Waals surface area (Å²) in [4.78, 5) is 15.8. The largest absolute Gasteiger partial charge is 0.351 e. The molecular formula is C11H16N2O2S2. The monoisotopic (exact) mass is 272 g/mol. The first-order valence-corrected chi connectivity index (χ1v) is 8.02. The molecule has 1 unspecified atom stereocenters. The van der Waals surface area contributed by atoms with Crippen LogP contribution >= 0.6 is 11.8 Å². The van der Waals surface area contributed by atoms with Crippen LogP contribution in [0.2, 0.25) is 0 Å². The second-order valence-corrected chi connectivity index (χ2v) is 6.19. The van der Waals surface area contributed by atoms with Gasteiger partial charge in [0.25, 0.3) is 5.91 Å². The first-order chi connectivity index (χ1) is 8.13. The summed E-state index contributed by atoms with van der Waals surface area (Å²) in [7, 11) is -0.878. The molecule has 0 aromatic carbocycles. The smallest absolute Gasteiger partial charge is 0.252 e. The van der Waals surface area contributed by atoms with Crippen molar-refractivity contribution in [3.8, 4) is 0 Å². The Kier molecular flexibility index (Phi) is 6.21. The summed E-state index contributed by atoms with van der Waals surface area (Å²) in [5.41, 5.74) is 0.535. The highest BCUT2D eigenvalue weighted by atomic mass is 32.2. The highest BCUT2D eigenvalue weighted by Gasteiger charge is 2.05. The van der Waals surface area contributed by atoms with Gasteiger partial charge in [-0.05, 0) is 17.9 Å². The lowest BCUT2D eigenvalue weighted by atomic mass is 10.3. The Balaban J connectivity index is 2.48. The molecule has 0 radical (unpaired) electrons. The molecule has 0 saturated heterocycles. The van der Waals surface area contributed by atoms with E-state index < -0.39 is 10.8 Å². The highest BCUT2D eigenvalue weighted by molar-refractivity contribution is 7.99. The summed E-state index contributed by atoms with van der Waals surface area (Å²) >= 11 is 1.63. The van der Waals surface area contributed by atoms with Gasteiger partial charge in [0.1, 0.15) is 0 Å². The van der Waals surface area contributed by atoms with Crippen LogP contribution < -0.4 is 5.32 Å². The molecule has 0 aliphatic heterocycles. The fourth-order valence-electron chi connectivity index (χ4n) is 1.16. The van der Waals surface area contributed by atoms with E-state index in [9.17, 15) is 9.00 Å². The number of thioether (sulfide) groups is 1. The van der Waals surface area contributed by atoms with Crippen molar-refractivity contribution in [1.82, 2.24) is 10.3 Å². The molecule has 0 saturated carbocycles. The maximum atomic E-state index is 11.6. The highest BCUT2D eigenvalue weighted by Crippen LogP contribution is 2.14. The quantitative estimate of drug-likeness (QED) is 0.793. The number of hydrogen-bond acceptors (Lipinski definition) is 4. The first-order valence-electron chi connectivity index (χ1n) is 5.30. The van der Waals surface area contributed by atoms with E-state index >= 15 is 0 Å². The third kappa shape index (κ3) is 5.32. The fourth-order valence-corrected chi connectivity index (χ4v) is 2.14. The van der Waals surface area contributed by atoms with Crippen LogP contribution in [0.15, 0.2) is 23.4 Å². The lowest BCUT2D eigenvalue weighted by Crippen LogP contribution is -2.27. The van der Waals surface area contributed by atoms with E-state index in [1.807, 2.05) is 6.07 Å². The number of amides is 1. The van der Waals surface area contributed by atoms with Gasteiger partial charge in [0.15, 0.2) is 0 Å². The second-order valence-electron chi connectivity index (χ2n) is 3.35. The van der Waals surface area contributed by atoms with Crippen molar-refractivity contribution in [1.29, 1.82) is 0 Å². The molecule has 1 N–H and O–H groups in total. The Labute approximate surface area is 108 Å². The summed E-state index contributed by atoms with van der Waals surface area (Å²) in [6.45, 7) is 2.48. The van der Waals surface area contributed by atoms with Crippen LogP contribution in [0.3, 0.4) is 0 Å². The van der Waals surface area contributed by atoms with Crippen molar-refractivity contribution < 1.29 is 9.00 Å². The van der Waals surface area contributed by atoms with Crippen LogP contribution in [0.4, 0.5) is 0 Å². The van der Waals surface area contributed by atoms with E-state index in [1.54, 1.807) is 30.3 Å². The molecule has 17 heavy (non-hydrogen) atoms. The van der Waals surface area contributed by atoms with E-state index in [-0.39, 0.29) is 5.91 Å². The molecular weight excluding hydrogens is 256 g/mol. The summed E-state index contributed by atoms with van der Waals surface area (Å²) in [5.74, 6) is 1.26. The van der Waals surface area contributed by atoms with E-state index in [2.05, 4.69) is 17.2 Å². The molecule has 0 bridgehead atoms. The van der Waals surface area contributed by atoms with E-state index in [0.29, 0.717) is 17.9 Å². The molecule has 94 valence electrons. The molecule has 1 rings (SSSR count). The van der Waals surface area contributed by atoms with Crippen molar-refractivity contribution in [3.63, 3.8) is 0 Å². The van der Waals surface area contributed by atoms with Gasteiger partial charge in [-0.1, -0.05) is 6.92 Å². The molecule has 0 spiro atoms. The van der Waals surface area contributed by atoms with Gasteiger partial charge in [0.2, 0.25) is 0 Å². The van der Waals surface area contributed by atoms with Gasteiger partial charge in [0, 0.05) is 35.5 Å². The summed E-state index contributed by atoms with van der Waals surface area (Å²) < 4.78 is 10.8. The number of carbonyl (C=O) groups excluding carboxylic acids is 1. The Morgan fingerprint density at radius 1 is 1.53 bits per heavy atom. The standard InChI is InChI=1S/C11H16N2O2S2/c1-3-16-10-5-4-9(8-13-10)11(14)12-6-7-17(2)15/h4-5,8H,3,6-7H2,1-2H3,(H,12,14). The van der Waals surface area contributed by atoms with E-state index in [1.165, 1.54) is 0 Å². The SMILES string of the molecule is CCSc1ccc(C(=O)NCCS(C)=O)cn1. The molecule has 1 heterocycles. The number of hydrogen-bond donors (Lipinski definition) is 1. The van der Waals surface area contributed by atoms with Gasteiger partial charge >= 0.3 is 0 Å². The van der Waals surface area contributed by atoms with Crippen molar-refractivity contribution in [2.75, 3.05) is 24.3 Å². The maximum absolute atomic E-state index is 11.6. The second kappa shape index (κ2) is 7.45. The fraction of sp³-hybridized carbons (Fsp3) is 0.455. The molecule has 1 aromatic rings. The van der Waals surface area contributed by atoms with Gasteiger partial charge in [-0.2, -0.15) is 0 Å². The van der Waals surface area contributed by atoms with Gasteiger partial charge in [-0.25, -0.2) is 4.98 Å². The van der Waals surface area contributed by atoms with Gasteiger partial charge in [-0.3, -0.25) is 9.00 Å². The predicted octanol–water partition coefficient (Wildman–Crippen LogP) is 1.30. The zero-order valence-electron chi connectivity index (χ0n) is 9.93. The molecule has 0 fully saturated rings. The van der Waals surface area contributed by atoms with Crippen LogP contribution in [0.1, 0.15) is 17.3 Å². The van der Waals surface area contributed by atoms with Crippen LogP contribution in [-0.2, 0) is 10.8 Å². The predicted molar refractivity (Wildman–Crippen MR) is 71.9 cm³/mol. The molecule has 6 heteroatoms. The molecule has 0 aliphatic rings. The lowest BCUT2D eigenvalue weighted by Gasteiger charge is -2.04. The summed E-state index contributed by atoms with van der Waals surface area (Å²) in [5, 5.41) is 3.62. The van der Waals surface area contributed by atoms with Crippen LogP contribution in [0, 0.1) is 0 Å². The Morgan fingerprint density at radius 3 is 2.82 bits per heavy atom. The zero-order valence-corrected chi connectivity index (χ0v) is 11.6. The van der Waals surface area contributed by atoms with Gasteiger partial charge in [-0.15, -0.1) is 11.8 Å². The van der Waals surface area contributed by atoms with Gasteiger partial charge < -0.3 is 5.32 Å². The average Bonchev–Trinajstić information content (AvgIpc) is 2.30. The molecule has 4 nitrogen and oxygen atoms in total. The summed E-state index contributed by atoms with van der Waals surface area (Å²) in [6.07, 6.45) is 3.18. The van der Waals surface area contributed by atoms with Crippen molar-refractivity contribution in [2.45, 2.75) is 11.9 Å². The zero-order chi connectivity index (χ0) is 12.7. The number of carbonyl (C=O) groups is 1. The molecule has 1 aromatic heterocycles. The Bertz CT molecular complexity index is 393. The van der Waals surface area contributed by atoms with Gasteiger partial charge in [0.05, 0.1) is 10.6 Å². The third-order valence-electron chi connectivity index (χ3n) is 1.97. The van der Waals surface area contributed by atoms with E-state index in [0.717, 1.165) is 10.8 Å². The topological polar surface area (TPSA) is 59.1 Å². The Morgan fingerprint density at radius 2 is 2.29 bits per heavy atom. The van der Waals surface area contributed by atoms with Crippen molar-refractivity contribution >= 4 is 28.5 Å². The van der Waals surface area contributed by atoms with Crippen molar-refractivity contribution in [2.24, 2.45) is 0 Å². The average molecular weight is 272 g/mol. The Hall–Kier alpha value is -0.880. The normalized spacial score (nSPS) is 12.1. The van der Waals surface area contributed by atoms with Crippen LogP contribution in [0.25, 0.3) is 0 Å². The van der Waals surface area contributed by atoms with Crippen molar-refractivity contribution in [3.05, 3.63) is 23.9 Å². The maximum Gasteiger partial charge on any atom is 0.252 e. The third-order valence-corrected chi connectivity index (χ3v) is 3.57. The number of nitrogens with one attached hydrogen (secondary N) is 1. The van der Waals surface area contributed by atoms with E-state index in [4.69, 9.17) is 0 Å². The summed E-state index contributed by atoms with van der Waals surface area (Å²) in [6, 6.07) is 3.59. The molecule has 0 aliphatic carbocycles. The minimum absolute atomic E-state index is 0.170. The molecule has 1 amide bonds. The minimum Gasteiger partial charge on any atom is -0.351 e. The molecule has 1 atom stereocenters.